The van der Waals surface area contributed by atoms with E-state index in [1.54, 1.807) is 18.4 Å². The highest BCUT2D eigenvalue weighted by Gasteiger charge is 2.12. The Kier molecular flexibility index (Phi) is 5.83. The summed E-state index contributed by atoms with van der Waals surface area (Å²) in [5.41, 5.74) is 1.93. The Bertz CT molecular complexity index is 824. The molecule has 1 amide bonds. The van der Waals surface area contributed by atoms with Crippen LogP contribution >= 0.6 is 22.7 Å². The summed E-state index contributed by atoms with van der Waals surface area (Å²) >= 11 is 3.24. The molecule has 0 fully saturated rings. The maximum absolute atomic E-state index is 12.1. The molecule has 0 saturated heterocycles. The van der Waals surface area contributed by atoms with Gasteiger partial charge in [-0.25, -0.2) is 4.98 Å². The van der Waals surface area contributed by atoms with E-state index < -0.39 is 0 Å². The molecule has 6 heteroatoms. The number of hydrogen-bond acceptors (Lipinski definition) is 5. The molecule has 130 valence electrons. The van der Waals surface area contributed by atoms with Gasteiger partial charge in [0.2, 0.25) is 5.91 Å². The molecule has 3 rings (SSSR count). The first kappa shape index (κ1) is 17.6. The normalized spacial score (nSPS) is 10.6. The fraction of sp³-hybridized carbons (Fsp3) is 0.263. The van der Waals surface area contributed by atoms with Gasteiger partial charge < -0.3 is 10.1 Å². The van der Waals surface area contributed by atoms with Gasteiger partial charge in [0.1, 0.15) is 5.75 Å². The van der Waals surface area contributed by atoms with E-state index in [1.807, 2.05) is 37.3 Å². The van der Waals surface area contributed by atoms with E-state index in [-0.39, 0.29) is 5.91 Å². The summed E-state index contributed by atoms with van der Waals surface area (Å²) in [5, 5.41) is 5.64. The number of nitrogens with one attached hydrogen (secondary N) is 1. The van der Waals surface area contributed by atoms with Crippen LogP contribution in [0.2, 0.25) is 0 Å². The third-order valence-corrected chi connectivity index (χ3v) is 5.64. The maximum Gasteiger partial charge on any atom is 0.226 e. The second-order valence-corrected chi connectivity index (χ2v) is 7.87. The van der Waals surface area contributed by atoms with Crippen LogP contribution in [0.3, 0.4) is 0 Å². The molecule has 1 N–H and O–H groups in total. The topological polar surface area (TPSA) is 51.2 Å². The smallest absolute Gasteiger partial charge is 0.226 e. The fourth-order valence-corrected chi connectivity index (χ4v) is 4.13. The highest BCUT2D eigenvalue weighted by atomic mass is 32.1. The second kappa shape index (κ2) is 8.27. The van der Waals surface area contributed by atoms with Crippen molar-refractivity contribution in [2.24, 2.45) is 0 Å². The lowest BCUT2D eigenvalue weighted by Crippen LogP contribution is -2.11. The molecule has 0 saturated carbocycles. The van der Waals surface area contributed by atoms with Crippen molar-refractivity contribution in [2.75, 3.05) is 12.4 Å². The number of hydrogen-bond donors (Lipinski definition) is 1. The van der Waals surface area contributed by atoms with Gasteiger partial charge in [0.15, 0.2) is 5.13 Å². The van der Waals surface area contributed by atoms with Crippen LogP contribution in [0.25, 0.3) is 11.3 Å². The number of ether oxygens (including phenoxy) is 1. The molecule has 0 bridgehead atoms. The molecule has 3 aromatic rings. The minimum atomic E-state index is 0.0200. The average molecular weight is 373 g/mol. The van der Waals surface area contributed by atoms with Gasteiger partial charge in [0.25, 0.3) is 0 Å². The quantitative estimate of drug-likeness (QED) is 0.624. The SMILES string of the molecule is COc1ccc(-c2nc(NC(=O)CCCc3cccs3)sc2C)cc1. The number of methoxy groups -OCH3 is 1. The second-order valence-electron chi connectivity index (χ2n) is 5.63. The zero-order chi connectivity index (χ0) is 17.6. The molecular formula is C19H20N2O2S2. The van der Waals surface area contributed by atoms with Gasteiger partial charge in [-0.2, -0.15) is 0 Å². The van der Waals surface area contributed by atoms with E-state index in [0.717, 1.165) is 34.7 Å². The number of aromatic nitrogens is 1. The minimum absolute atomic E-state index is 0.0200. The van der Waals surface area contributed by atoms with E-state index in [0.29, 0.717) is 11.6 Å². The Morgan fingerprint density at radius 2 is 2.04 bits per heavy atom. The number of carbonyl (C=O) groups excluding carboxylic acids is 1. The van der Waals surface area contributed by atoms with E-state index in [9.17, 15) is 4.79 Å². The van der Waals surface area contributed by atoms with Gasteiger partial charge in [-0.15, -0.1) is 22.7 Å². The summed E-state index contributed by atoms with van der Waals surface area (Å²) in [4.78, 5) is 19.1. The highest BCUT2D eigenvalue weighted by Crippen LogP contribution is 2.31. The number of anilines is 1. The number of thiophene rings is 1. The van der Waals surface area contributed by atoms with Crippen LogP contribution < -0.4 is 10.1 Å². The predicted molar refractivity (Wildman–Crippen MR) is 105 cm³/mol. The van der Waals surface area contributed by atoms with Gasteiger partial charge in [-0.3, -0.25) is 4.79 Å². The molecule has 2 heterocycles. The van der Waals surface area contributed by atoms with E-state index >= 15 is 0 Å². The molecule has 0 atom stereocenters. The summed E-state index contributed by atoms with van der Waals surface area (Å²) in [7, 11) is 1.65. The summed E-state index contributed by atoms with van der Waals surface area (Å²) in [6.45, 7) is 2.02. The molecule has 25 heavy (non-hydrogen) atoms. The number of nitrogens with zero attached hydrogens (tertiary/aromatic N) is 1. The van der Waals surface area contributed by atoms with Crippen LogP contribution in [0.5, 0.6) is 5.75 Å². The van der Waals surface area contributed by atoms with Crippen LogP contribution in [-0.2, 0) is 11.2 Å². The average Bonchev–Trinajstić information content (AvgIpc) is 3.25. The molecule has 1 aromatic carbocycles. The third kappa shape index (κ3) is 4.67. The monoisotopic (exact) mass is 372 g/mol. The van der Waals surface area contributed by atoms with Crippen molar-refractivity contribution in [2.45, 2.75) is 26.2 Å². The molecule has 0 aliphatic heterocycles. The van der Waals surface area contributed by atoms with Crippen molar-refractivity contribution in [1.82, 2.24) is 4.98 Å². The van der Waals surface area contributed by atoms with Crippen molar-refractivity contribution in [3.05, 3.63) is 51.5 Å². The van der Waals surface area contributed by atoms with Crippen LogP contribution in [0.15, 0.2) is 41.8 Å². The number of benzene rings is 1. The molecule has 4 nitrogen and oxygen atoms in total. The lowest BCUT2D eigenvalue weighted by atomic mass is 10.1. The zero-order valence-corrected chi connectivity index (χ0v) is 15.9. The summed E-state index contributed by atoms with van der Waals surface area (Å²) in [5.74, 6) is 0.836. The number of thiazole rings is 1. The molecule has 0 spiro atoms. The van der Waals surface area contributed by atoms with Gasteiger partial charge in [-0.1, -0.05) is 6.07 Å². The van der Waals surface area contributed by atoms with Crippen LogP contribution in [0.4, 0.5) is 5.13 Å². The summed E-state index contributed by atoms with van der Waals surface area (Å²) < 4.78 is 5.18. The Hall–Kier alpha value is -2.18. The lowest BCUT2D eigenvalue weighted by molar-refractivity contribution is -0.116. The van der Waals surface area contributed by atoms with E-state index in [4.69, 9.17) is 4.74 Å². The van der Waals surface area contributed by atoms with Crippen LogP contribution in [0.1, 0.15) is 22.6 Å². The standard InChI is InChI=1S/C19H20N2O2S2/c1-13-18(14-8-10-15(23-2)11-9-14)21-19(25-13)20-17(22)7-3-5-16-6-4-12-24-16/h4,6,8-12H,3,5,7H2,1-2H3,(H,20,21,22). The van der Waals surface area contributed by atoms with Crippen molar-refractivity contribution in [3.63, 3.8) is 0 Å². The highest BCUT2D eigenvalue weighted by molar-refractivity contribution is 7.16. The molecular weight excluding hydrogens is 352 g/mol. The number of carbonyl (C=O) groups is 1. The van der Waals surface area contributed by atoms with Crippen molar-refractivity contribution < 1.29 is 9.53 Å². The fourth-order valence-electron chi connectivity index (χ4n) is 2.53. The first-order valence-corrected chi connectivity index (χ1v) is 9.79. The molecule has 0 radical (unpaired) electrons. The van der Waals surface area contributed by atoms with Crippen molar-refractivity contribution in [3.8, 4) is 17.0 Å². The van der Waals surface area contributed by atoms with E-state index in [2.05, 4.69) is 21.7 Å². The van der Waals surface area contributed by atoms with Crippen LogP contribution in [0, 0.1) is 6.92 Å². The molecule has 0 unspecified atom stereocenters. The maximum atomic E-state index is 12.1. The predicted octanol–water partition coefficient (Wildman–Crippen LogP) is 5.15. The zero-order valence-electron chi connectivity index (χ0n) is 14.2. The lowest BCUT2D eigenvalue weighted by Gasteiger charge is -2.02. The van der Waals surface area contributed by atoms with Crippen molar-refractivity contribution in [1.29, 1.82) is 0 Å². The van der Waals surface area contributed by atoms with Gasteiger partial charge >= 0.3 is 0 Å². The number of amides is 1. The third-order valence-electron chi connectivity index (χ3n) is 3.81. The van der Waals surface area contributed by atoms with Crippen molar-refractivity contribution >= 4 is 33.7 Å². The Labute approximate surface area is 155 Å². The van der Waals surface area contributed by atoms with E-state index in [1.165, 1.54) is 16.2 Å². The minimum Gasteiger partial charge on any atom is -0.497 e. The van der Waals surface area contributed by atoms with Gasteiger partial charge in [0.05, 0.1) is 12.8 Å². The number of rotatable bonds is 7. The molecule has 0 aliphatic carbocycles. The Balaban J connectivity index is 1.58. The first-order chi connectivity index (χ1) is 12.2. The van der Waals surface area contributed by atoms with Crippen LogP contribution in [-0.4, -0.2) is 18.0 Å². The first-order valence-electron chi connectivity index (χ1n) is 8.10. The molecule has 2 aromatic heterocycles. The Morgan fingerprint density at radius 1 is 1.24 bits per heavy atom. The molecule has 0 aliphatic rings. The van der Waals surface area contributed by atoms with Gasteiger partial charge in [0, 0.05) is 21.7 Å². The summed E-state index contributed by atoms with van der Waals surface area (Å²) in [6.07, 6.45) is 2.30. The Morgan fingerprint density at radius 3 is 2.72 bits per heavy atom. The van der Waals surface area contributed by atoms with Gasteiger partial charge in [-0.05, 0) is 55.5 Å². The largest absolute Gasteiger partial charge is 0.497 e. The summed E-state index contributed by atoms with van der Waals surface area (Å²) in [6, 6.07) is 11.9. The number of aryl methyl sites for hydroxylation is 2.